The van der Waals surface area contributed by atoms with Gasteiger partial charge in [0, 0.05) is 23.7 Å². The number of rotatable bonds is 5. The molecule has 1 aromatic carbocycles. The van der Waals surface area contributed by atoms with Crippen molar-refractivity contribution in [1.82, 2.24) is 0 Å². The molecule has 0 fully saturated rings. The summed E-state index contributed by atoms with van der Waals surface area (Å²) >= 11 is 3.32. The van der Waals surface area contributed by atoms with Crippen LogP contribution in [0.15, 0.2) is 16.6 Å². The molecule has 4 nitrogen and oxygen atoms in total. The minimum absolute atomic E-state index is 0.300. The lowest BCUT2D eigenvalue weighted by molar-refractivity contribution is -0.00565. The van der Waals surface area contributed by atoms with Crippen molar-refractivity contribution in [2.24, 2.45) is 0 Å². The van der Waals surface area contributed by atoms with Gasteiger partial charge in [0.15, 0.2) is 0 Å². The third-order valence-corrected chi connectivity index (χ3v) is 3.58. The molecule has 0 aliphatic rings. The number of ether oxygens (including phenoxy) is 2. The first-order valence-corrected chi connectivity index (χ1v) is 6.84. The Morgan fingerprint density at radius 2 is 2.05 bits per heavy atom. The predicted octanol–water partition coefficient (Wildman–Crippen LogP) is 3.31. The minimum Gasteiger partial charge on any atom is -0.462 e. The molecule has 1 rings (SSSR count). The number of carbonyl (C=O) groups excluding carboxylic acids is 1. The van der Waals surface area contributed by atoms with Crippen LogP contribution in [0.25, 0.3) is 0 Å². The van der Waals surface area contributed by atoms with Crippen molar-refractivity contribution in [2.75, 3.05) is 19.5 Å². The standard InChI is InChI=1S/C14H20BrNO3/c1-9-11(7-10(15)8-12(9)16)13(17)19-6-5-14(2,3)18-4/h7-8H,5-6,16H2,1-4H3. The fourth-order valence-electron chi connectivity index (χ4n) is 1.48. The SMILES string of the molecule is COC(C)(C)CCOC(=O)c1cc(Br)cc(N)c1C. The Balaban J connectivity index is 2.69. The number of carbonyl (C=O) groups is 1. The number of nitrogens with two attached hydrogens (primary N) is 1. The summed E-state index contributed by atoms with van der Waals surface area (Å²) in [4.78, 5) is 12.0. The van der Waals surface area contributed by atoms with Gasteiger partial charge in [-0.3, -0.25) is 0 Å². The van der Waals surface area contributed by atoms with Gasteiger partial charge in [-0.15, -0.1) is 0 Å². The maximum absolute atomic E-state index is 12.0. The van der Waals surface area contributed by atoms with Gasteiger partial charge in [-0.05, 0) is 38.5 Å². The first-order chi connectivity index (χ1) is 8.76. The quantitative estimate of drug-likeness (QED) is 0.665. The average Bonchev–Trinajstić information content (AvgIpc) is 2.33. The molecule has 0 saturated carbocycles. The van der Waals surface area contributed by atoms with Crippen LogP contribution in [-0.2, 0) is 9.47 Å². The predicted molar refractivity (Wildman–Crippen MR) is 79.3 cm³/mol. The van der Waals surface area contributed by atoms with E-state index in [1.807, 2.05) is 13.8 Å². The molecule has 0 aromatic heterocycles. The summed E-state index contributed by atoms with van der Waals surface area (Å²) in [6, 6.07) is 3.48. The molecule has 0 atom stereocenters. The van der Waals surface area contributed by atoms with Gasteiger partial charge in [0.25, 0.3) is 0 Å². The van der Waals surface area contributed by atoms with Crippen molar-refractivity contribution in [3.8, 4) is 0 Å². The molecule has 1 aromatic rings. The van der Waals surface area contributed by atoms with Gasteiger partial charge in [0.05, 0.1) is 17.8 Å². The zero-order valence-electron chi connectivity index (χ0n) is 11.7. The molecule has 0 unspecified atom stereocenters. The van der Waals surface area contributed by atoms with Gasteiger partial charge in [-0.1, -0.05) is 15.9 Å². The second kappa shape index (κ2) is 6.39. The number of methoxy groups -OCH3 is 1. The number of hydrogen-bond donors (Lipinski definition) is 1. The molecule has 19 heavy (non-hydrogen) atoms. The van der Waals surface area contributed by atoms with Crippen molar-refractivity contribution in [3.05, 3.63) is 27.7 Å². The van der Waals surface area contributed by atoms with E-state index in [-0.39, 0.29) is 11.6 Å². The zero-order valence-corrected chi connectivity index (χ0v) is 13.3. The van der Waals surface area contributed by atoms with Crippen LogP contribution >= 0.6 is 15.9 Å². The summed E-state index contributed by atoms with van der Waals surface area (Å²) in [6.45, 7) is 6.01. The fraction of sp³-hybridized carbons (Fsp3) is 0.500. The third kappa shape index (κ3) is 4.51. The molecular formula is C14H20BrNO3. The lowest BCUT2D eigenvalue weighted by Gasteiger charge is -2.22. The van der Waals surface area contributed by atoms with E-state index in [1.54, 1.807) is 26.2 Å². The van der Waals surface area contributed by atoms with Crippen LogP contribution in [0.2, 0.25) is 0 Å². The lowest BCUT2D eigenvalue weighted by Crippen LogP contribution is -2.25. The molecule has 0 radical (unpaired) electrons. The van der Waals surface area contributed by atoms with Gasteiger partial charge >= 0.3 is 5.97 Å². The summed E-state index contributed by atoms with van der Waals surface area (Å²) in [6.07, 6.45) is 0.637. The van der Waals surface area contributed by atoms with Gasteiger partial charge in [-0.2, -0.15) is 0 Å². The normalized spacial score (nSPS) is 11.4. The third-order valence-electron chi connectivity index (χ3n) is 3.12. The molecule has 0 heterocycles. The van der Waals surface area contributed by atoms with Crippen LogP contribution in [0, 0.1) is 6.92 Å². The molecule has 0 aliphatic carbocycles. The molecule has 2 N–H and O–H groups in total. The van der Waals surface area contributed by atoms with E-state index < -0.39 is 0 Å². The van der Waals surface area contributed by atoms with Crippen molar-refractivity contribution >= 4 is 27.6 Å². The van der Waals surface area contributed by atoms with Crippen LogP contribution in [0.4, 0.5) is 5.69 Å². The maximum atomic E-state index is 12.0. The highest BCUT2D eigenvalue weighted by Gasteiger charge is 2.18. The Kier molecular flexibility index (Phi) is 5.38. The van der Waals surface area contributed by atoms with Crippen LogP contribution < -0.4 is 5.73 Å². The van der Waals surface area contributed by atoms with Gasteiger partial charge in [0.2, 0.25) is 0 Å². The molecule has 106 valence electrons. The van der Waals surface area contributed by atoms with E-state index in [2.05, 4.69) is 15.9 Å². The van der Waals surface area contributed by atoms with E-state index in [0.29, 0.717) is 24.3 Å². The van der Waals surface area contributed by atoms with E-state index >= 15 is 0 Å². The number of hydrogen-bond acceptors (Lipinski definition) is 4. The summed E-state index contributed by atoms with van der Waals surface area (Å²) in [5, 5.41) is 0. The Labute approximate surface area is 122 Å². The van der Waals surface area contributed by atoms with E-state index in [1.165, 1.54) is 0 Å². The van der Waals surface area contributed by atoms with E-state index in [0.717, 1.165) is 10.0 Å². The van der Waals surface area contributed by atoms with Crippen molar-refractivity contribution < 1.29 is 14.3 Å². The first kappa shape index (κ1) is 16.0. The largest absolute Gasteiger partial charge is 0.462 e. The number of halogens is 1. The van der Waals surface area contributed by atoms with Crippen LogP contribution in [0.5, 0.6) is 0 Å². The van der Waals surface area contributed by atoms with E-state index in [9.17, 15) is 4.79 Å². The van der Waals surface area contributed by atoms with Gasteiger partial charge < -0.3 is 15.2 Å². The van der Waals surface area contributed by atoms with Crippen LogP contribution in [-0.4, -0.2) is 25.3 Å². The highest BCUT2D eigenvalue weighted by molar-refractivity contribution is 9.10. The highest BCUT2D eigenvalue weighted by atomic mass is 79.9. The van der Waals surface area contributed by atoms with Gasteiger partial charge in [-0.25, -0.2) is 4.79 Å². The maximum Gasteiger partial charge on any atom is 0.338 e. The molecular weight excluding hydrogens is 310 g/mol. The van der Waals surface area contributed by atoms with Crippen molar-refractivity contribution in [2.45, 2.75) is 32.8 Å². The molecule has 0 amide bonds. The Morgan fingerprint density at radius 3 is 2.63 bits per heavy atom. The topological polar surface area (TPSA) is 61.5 Å². The molecule has 0 bridgehead atoms. The minimum atomic E-state index is -0.364. The van der Waals surface area contributed by atoms with Gasteiger partial charge in [0.1, 0.15) is 0 Å². The second-order valence-corrected chi connectivity index (χ2v) is 5.93. The summed E-state index contributed by atoms with van der Waals surface area (Å²) in [7, 11) is 1.64. The molecule has 0 aliphatic heterocycles. The molecule has 0 saturated heterocycles. The van der Waals surface area contributed by atoms with Crippen LogP contribution in [0.1, 0.15) is 36.2 Å². The zero-order chi connectivity index (χ0) is 14.6. The van der Waals surface area contributed by atoms with Crippen molar-refractivity contribution in [3.63, 3.8) is 0 Å². The monoisotopic (exact) mass is 329 g/mol. The van der Waals surface area contributed by atoms with Crippen LogP contribution in [0.3, 0.4) is 0 Å². The fourth-order valence-corrected chi connectivity index (χ4v) is 1.96. The molecule has 5 heteroatoms. The number of esters is 1. The number of anilines is 1. The average molecular weight is 330 g/mol. The second-order valence-electron chi connectivity index (χ2n) is 5.02. The Morgan fingerprint density at radius 1 is 1.42 bits per heavy atom. The summed E-state index contributed by atoms with van der Waals surface area (Å²) < 4.78 is 11.3. The highest BCUT2D eigenvalue weighted by Crippen LogP contribution is 2.23. The Hall–Kier alpha value is -1.07. The molecule has 0 spiro atoms. The Bertz CT molecular complexity index is 472. The first-order valence-electron chi connectivity index (χ1n) is 6.05. The van der Waals surface area contributed by atoms with E-state index in [4.69, 9.17) is 15.2 Å². The lowest BCUT2D eigenvalue weighted by atomic mass is 10.1. The summed E-state index contributed by atoms with van der Waals surface area (Å²) in [5.41, 5.74) is 7.31. The smallest absolute Gasteiger partial charge is 0.338 e. The number of benzene rings is 1. The van der Waals surface area contributed by atoms with Crippen molar-refractivity contribution in [1.29, 1.82) is 0 Å². The summed E-state index contributed by atoms with van der Waals surface area (Å²) in [5.74, 6) is -0.364. The number of nitrogen functional groups attached to an aromatic ring is 1.